The van der Waals surface area contributed by atoms with Gasteiger partial charge in [0.1, 0.15) is 28.8 Å². The van der Waals surface area contributed by atoms with Crippen molar-refractivity contribution in [2.45, 2.75) is 6.92 Å². The number of nitriles is 1. The minimum atomic E-state index is -0.690. The van der Waals surface area contributed by atoms with Crippen LogP contribution in [0.2, 0.25) is 10.0 Å². The molecule has 0 fully saturated rings. The molecule has 0 aliphatic heterocycles. The van der Waals surface area contributed by atoms with Crippen molar-refractivity contribution < 1.29 is 13.7 Å². The molecule has 148 valence electrons. The molecule has 0 saturated heterocycles. The Balaban J connectivity index is 1.85. The molecular formula is C19H14Cl2FN5O2. The molecule has 0 radical (unpaired) electrons. The second kappa shape index (κ2) is 8.39. The number of halogens is 3. The standard InChI is InChI=1S/C19H14Cl2FN5O2/c1-10-17(18(26-29-10)16-12(20)5-3-6-13(16)21)24-19(28)25-27(2)15-8-4-7-14(22)11(15)9-23/h3-8H,1-2H3,(H2,24,25,28). The van der Waals surface area contributed by atoms with Crippen LogP contribution < -0.4 is 15.8 Å². The number of hydrogen-bond acceptors (Lipinski definition) is 5. The van der Waals surface area contributed by atoms with E-state index in [9.17, 15) is 9.18 Å². The molecule has 0 atom stereocenters. The second-order valence-electron chi connectivity index (χ2n) is 5.93. The van der Waals surface area contributed by atoms with Gasteiger partial charge in [0.2, 0.25) is 0 Å². The number of aryl methyl sites for hydroxylation is 1. The monoisotopic (exact) mass is 433 g/mol. The van der Waals surface area contributed by atoms with Crippen LogP contribution in [-0.2, 0) is 0 Å². The number of rotatable bonds is 4. The number of nitrogens with zero attached hydrogens (tertiary/aromatic N) is 3. The fourth-order valence-corrected chi connectivity index (χ4v) is 3.25. The summed E-state index contributed by atoms with van der Waals surface area (Å²) in [5.74, 6) is -0.359. The second-order valence-corrected chi connectivity index (χ2v) is 6.74. The van der Waals surface area contributed by atoms with Gasteiger partial charge in [0.25, 0.3) is 0 Å². The number of amides is 2. The van der Waals surface area contributed by atoms with Gasteiger partial charge in [-0.3, -0.25) is 5.01 Å². The van der Waals surface area contributed by atoms with Gasteiger partial charge in [0, 0.05) is 12.6 Å². The molecule has 3 aromatic rings. The van der Waals surface area contributed by atoms with Crippen LogP contribution in [0.15, 0.2) is 40.9 Å². The third-order valence-electron chi connectivity index (χ3n) is 4.03. The van der Waals surface area contributed by atoms with E-state index in [4.69, 9.17) is 33.0 Å². The Morgan fingerprint density at radius 3 is 2.55 bits per heavy atom. The van der Waals surface area contributed by atoms with E-state index in [-0.39, 0.29) is 22.6 Å². The quantitative estimate of drug-likeness (QED) is 0.555. The number of aromatic nitrogens is 1. The molecule has 7 nitrogen and oxygen atoms in total. The molecule has 0 aliphatic rings. The first-order valence-corrected chi connectivity index (χ1v) is 8.99. The highest BCUT2D eigenvalue weighted by atomic mass is 35.5. The largest absolute Gasteiger partial charge is 0.359 e. The van der Waals surface area contributed by atoms with Crippen LogP contribution in [0.3, 0.4) is 0 Å². The lowest BCUT2D eigenvalue weighted by Gasteiger charge is -2.21. The molecule has 1 aromatic heterocycles. The van der Waals surface area contributed by atoms with Gasteiger partial charge in [-0.2, -0.15) is 5.26 Å². The summed E-state index contributed by atoms with van der Waals surface area (Å²) in [5.41, 5.74) is 3.44. The molecule has 0 spiro atoms. The zero-order chi connectivity index (χ0) is 21.1. The number of hydrogen-bond donors (Lipinski definition) is 2. The fraction of sp³-hybridized carbons (Fsp3) is 0.105. The van der Waals surface area contributed by atoms with Crippen LogP contribution in [0.1, 0.15) is 11.3 Å². The van der Waals surface area contributed by atoms with Gasteiger partial charge in [-0.1, -0.05) is 40.5 Å². The van der Waals surface area contributed by atoms with Crippen LogP contribution in [0.4, 0.5) is 20.6 Å². The molecule has 2 aromatic carbocycles. The van der Waals surface area contributed by atoms with Crippen LogP contribution in [0, 0.1) is 24.1 Å². The number of nitrogens with one attached hydrogen (secondary N) is 2. The average molecular weight is 434 g/mol. The topological polar surface area (TPSA) is 94.2 Å². The first kappa shape index (κ1) is 20.5. The maximum atomic E-state index is 13.8. The Morgan fingerprint density at radius 1 is 1.24 bits per heavy atom. The van der Waals surface area contributed by atoms with E-state index in [1.54, 1.807) is 31.2 Å². The Bertz CT molecular complexity index is 1110. The molecule has 2 amide bonds. The normalized spacial score (nSPS) is 10.3. The minimum Gasteiger partial charge on any atom is -0.359 e. The average Bonchev–Trinajstić information content (AvgIpc) is 3.01. The lowest BCUT2D eigenvalue weighted by molar-refractivity contribution is 0.251. The lowest BCUT2D eigenvalue weighted by Crippen LogP contribution is -2.42. The van der Waals surface area contributed by atoms with Crippen LogP contribution in [-0.4, -0.2) is 18.2 Å². The molecule has 0 bridgehead atoms. The van der Waals surface area contributed by atoms with Gasteiger partial charge in [0.15, 0.2) is 5.76 Å². The molecule has 10 heteroatoms. The number of carbonyl (C=O) groups excluding carboxylic acids is 1. The van der Waals surface area contributed by atoms with Gasteiger partial charge in [-0.25, -0.2) is 14.6 Å². The molecule has 0 unspecified atom stereocenters. The first-order chi connectivity index (χ1) is 13.8. The van der Waals surface area contributed by atoms with Crippen molar-refractivity contribution in [1.82, 2.24) is 10.6 Å². The van der Waals surface area contributed by atoms with Crippen molar-refractivity contribution in [3.63, 3.8) is 0 Å². The van der Waals surface area contributed by atoms with Crippen molar-refractivity contribution in [1.29, 1.82) is 5.26 Å². The van der Waals surface area contributed by atoms with Gasteiger partial charge in [0.05, 0.1) is 15.7 Å². The molecular weight excluding hydrogens is 420 g/mol. The highest BCUT2D eigenvalue weighted by molar-refractivity contribution is 6.39. The molecule has 0 saturated carbocycles. The van der Waals surface area contributed by atoms with Crippen molar-refractivity contribution in [3.8, 4) is 17.3 Å². The van der Waals surface area contributed by atoms with E-state index in [1.807, 2.05) is 0 Å². The van der Waals surface area contributed by atoms with Crippen molar-refractivity contribution in [2.75, 3.05) is 17.4 Å². The van der Waals surface area contributed by atoms with Crippen molar-refractivity contribution >= 4 is 40.6 Å². The summed E-state index contributed by atoms with van der Waals surface area (Å²) in [6.07, 6.45) is 0. The molecule has 3 rings (SSSR count). The van der Waals surface area contributed by atoms with Crippen LogP contribution >= 0.6 is 23.2 Å². The van der Waals surface area contributed by atoms with E-state index in [1.165, 1.54) is 24.2 Å². The Labute approximate surface area is 175 Å². The smallest absolute Gasteiger partial charge is 0.338 e. The zero-order valence-corrected chi connectivity index (χ0v) is 16.8. The SMILES string of the molecule is Cc1onc(-c2c(Cl)cccc2Cl)c1NC(=O)NN(C)c1cccc(F)c1C#N. The van der Waals surface area contributed by atoms with Crippen LogP contribution in [0.25, 0.3) is 11.3 Å². The number of carbonyl (C=O) groups is 1. The van der Waals surface area contributed by atoms with E-state index in [0.29, 0.717) is 21.4 Å². The molecule has 1 heterocycles. The highest BCUT2D eigenvalue weighted by Crippen LogP contribution is 2.39. The third kappa shape index (κ3) is 4.11. The number of urea groups is 1. The Hall–Kier alpha value is -3.28. The maximum Gasteiger partial charge on any atom is 0.338 e. The fourth-order valence-electron chi connectivity index (χ4n) is 2.67. The van der Waals surface area contributed by atoms with E-state index in [0.717, 1.165) is 6.07 Å². The summed E-state index contributed by atoms with van der Waals surface area (Å²) >= 11 is 12.5. The summed E-state index contributed by atoms with van der Waals surface area (Å²) in [4.78, 5) is 12.5. The first-order valence-electron chi connectivity index (χ1n) is 8.24. The van der Waals surface area contributed by atoms with Crippen molar-refractivity contribution in [3.05, 3.63) is 63.6 Å². The van der Waals surface area contributed by atoms with Gasteiger partial charge < -0.3 is 9.84 Å². The predicted molar refractivity (Wildman–Crippen MR) is 108 cm³/mol. The van der Waals surface area contributed by atoms with E-state index < -0.39 is 11.8 Å². The van der Waals surface area contributed by atoms with Crippen LogP contribution in [0.5, 0.6) is 0 Å². The zero-order valence-electron chi connectivity index (χ0n) is 15.3. The number of anilines is 2. The minimum absolute atomic E-state index is 0.194. The predicted octanol–water partition coefficient (Wildman–Crippen LogP) is 5.14. The van der Waals surface area contributed by atoms with Crippen molar-refractivity contribution in [2.24, 2.45) is 0 Å². The van der Waals surface area contributed by atoms with Gasteiger partial charge in [-0.05, 0) is 31.2 Å². The van der Waals surface area contributed by atoms with E-state index in [2.05, 4.69) is 15.9 Å². The highest BCUT2D eigenvalue weighted by Gasteiger charge is 2.22. The third-order valence-corrected chi connectivity index (χ3v) is 4.66. The molecule has 2 N–H and O–H groups in total. The summed E-state index contributed by atoms with van der Waals surface area (Å²) in [7, 11) is 1.47. The summed E-state index contributed by atoms with van der Waals surface area (Å²) in [5, 5.41) is 17.6. The summed E-state index contributed by atoms with van der Waals surface area (Å²) < 4.78 is 19.0. The summed E-state index contributed by atoms with van der Waals surface area (Å²) in [6.45, 7) is 1.61. The van der Waals surface area contributed by atoms with E-state index >= 15 is 0 Å². The van der Waals surface area contributed by atoms with Gasteiger partial charge in [-0.15, -0.1) is 0 Å². The number of hydrazine groups is 1. The Morgan fingerprint density at radius 2 is 1.90 bits per heavy atom. The summed E-state index contributed by atoms with van der Waals surface area (Å²) in [6, 6.07) is 10.2. The number of benzene rings is 2. The lowest BCUT2D eigenvalue weighted by atomic mass is 10.1. The molecule has 29 heavy (non-hydrogen) atoms. The maximum absolute atomic E-state index is 13.8. The Kier molecular flexibility index (Phi) is 5.92. The van der Waals surface area contributed by atoms with Gasteiger partial charge >= 0.3 is 6.03 Å². The molecule has 0 aliphatic carbocycles.